The van der Waals surface area contributed by atoms with Gasteiger partial charge in [0.2, 0.25) is 5.95 Å². The van der Waals surface area contributed by atoms with Crippen molar-refractivity contribution in [2.75, 3.05) is 43.4 Å². The monoisotopic (exact) mass is 346 g/mol. The van der Waals surface area contributed by atoms with Crippen molar-refractivity contribution in [2.24, 2.45) is 0 Å². The molecule has 26 heavy (non-hydrogen) atoms. The number of hydrogen-bond acceptors (Lipinski definition) is 4. The minimum Gasteiger partial charge on any atom is -0.383 e. The van der Waals surface area contributed by atoms with Gasteiger partial charge >= 0.3 is 0 Å². The van der Waals surface area contributed by atoms with Crippen LogP contribution in [0.15, 0.2) is 60.7 Å². The average Bonchev–Trinajstić information content (AvgIpc) is 2.69. The number of anilines is 2. The quantitative estimate of drug-likeness (QED) is 0.754. The summed E-state index contributed by atoms with van der Waals surface area (Å²) >= 11 is 0. The van der Waals surface area contributed by atoms with Gasteiger partial charge in [0.15, 0.2) is 0 Å². The summed E-state index contributed by atoms with van der Waals surface area (Å²) < 4.78 is 0. The zero-order chi connectivity index (χ0) is 17.8. The molecule has 0 saturated carbocycles. The third-order valence-electron chi connectivity index (χ3n) is 4.89. The zero-order valence-electron chi connectivity index (χ0n) is 14.8. The molecule has 1 saturated heterocycles. The number of nitrogen functional groups attached to an aromatic ring is 1. The number of para-hydroxylation sites is 1. The molecule has 2 heterocycles. The molecule has 1 aliphatic rings. The highest BCUT2D eigenvalue weighted by molar-refractivity contribution is 5.88. The van der Waals surface area contributed by atoms with E-state index in [1.54, 1.807) is 4.90 Å². The van der Waals surface area contributed by atoms with Crippen molar-refractivity contribution in [1.82, 2.24) is 9.97 Å². The molecular formula is C21H24N5+. The first-order valence-electron chi connectivity index (χ1n) is 9.12. The highest BCUT2D eigenvalue weighted by atomic mass is 15.3. The van der Waals surface area contributed by atoms with Gasteiger partial charge in [-0.05, 0) is 23.8 Å². The topological polar surface area (TPSA) is 59.5 Å². The van der Waals surface area contributed by atoms with Gasteiger partial charge in [0.05, 0.1) is 38.2 Å². The van der Waals surface area contributed by atoms with E-state index in [1.807, 2.05) is 30.3 Å². The van der Waals surface area contributed by atoms with Gasteiger partial charge in [-0.3, -0.25) is 0 Å². The Bertz CT molecular complexity index is 899. The van der Waals surface area contributed by atoms with E-state index in [2.05, 4.69) is 46.3 Å². The van der Waals surface area contributed by atoms with Gasteiger partial charge in [-0.1, -0.05) is 48.5 Å². The number of benzene rings is 2. The number of fused-ring (bicyclic) bond motifs is 1. The Balaban J connectivity index is 1.37. The zero-order valence-corrected chi connectivity index (χ0v) is 14.8. The maximum atomic E-state index is 6.12. The normalized spacial score (nSPS) is 15.8. The number of hydrogen-bond donors (Lipinski definition) is 2. The number of nitrogens with zero attached hydrogens (tertiary/aromatic N) is 3. The summed E-state index contributed by atoms with van der Waals surface area (Å²) in [7, 11) is 0. The van der Waals surface area contributed by atoms with Gasteiger partial charge in [0, 0.05) is 5.39 Å². The molecule has 3 N–H and O–H groups in total. The lowest BCUT2D eigenvalue weighted by Gasteiger charge is -2.31. The van der Waals surface area contributed by atoms with Crippen molar-refractivity contribution in [3.63, 3.8) is 0 Å². The fourth-order valence-corrected chi connectivity index (χ4v) is 3.38. The molecule has 0 radical (unpaired) electrons. The van der Waals surface area contributed by atoms with E-state index in [0.29, 0.717) is 5.82 Å². The fourth-order valence-electron chi connectivity index (χ4n) is 3.38. The number of rotatable bonds is 4. The summed E-state index contributed by atoms with van der Waals surface area (Å²) in [6, 6.07) is 18.4. The number of aromatic nitrogens is 2. The lowest BCUT2D eigenvalue weighted by molar-refractivity contribution is -0.894. The van der Waals surface area contributed by atoms with Gasteiger partial charge in [0.25, 0.3) is 0 Å². The van der Waals surface area contributed by atoms with Crippen molar-refractivity contribution in [1.29, 1.82) is 0 Å². The van der Waals surface area contributed by atoms with Crippen molar-refractivity contribution in [2.45, 2.75) is 0 Å². The third kappa shape index (κ3) is 3.68. The molecule has 0 aliphatic carbocycles. The van der Waals surface area contributed by atoms with E-state index >= 15 is 0 Å². The van der Waals surface area contributed by atoms with Crippen LogP contribution in [0.2, 0.25) is 0 Å². The molecule has 1 aromatic heterocycles. The van der Waals surface area contributed by atoms with Crippen LogP contribution in [0.4, 0.5) is 11.8 Å². The van der Waals surface area contributed by atoms with Crippen molar-refractivity contribution >= 4 is 28.7 Å². The van der Waals surface area contributed by atoms with Crippen LogP contribution in [-0.4, -0.2) is 42.7 Å². The summed E-state index contributed by atoms with van der Waals surface area (Å²) in [6.07, 6.45) is 4.47. The van der Waals surface area contributed by atoms with Crippen molar-refractivity contribution < 1.29 is 4.90 Å². The first-order chi connectivity index (χ1) is 12.8. The largest absolute Gasteiger partial charge is 0.383 e. The highest BCUT2D eigenvalue weighted by Crippen LogP contribution is 2.20. The average molecular weight is 346 g/mol. The van der Waals surface area contributed by atoms with Gasteiger partial charge < -0.3 is 15.5 Å². The van der Waals surface area contributed by atoms with Crippen LogP contribution in [0.3, 0.4) is 0 Å². The second kappa shape index (κ2) is 7.54. The molecule has 0 atom stereocenters. The maximum absolute atomic E-state index is 6.12. The summed E-state index contributed by atoms with van der Waals surface area (Å²) in [6.45, 7) is 5.10. The molecule has 1 aliphatic heterocycles. The van der Waals surface area contributed by atoms with Crippen LogP contribution in [0.5, 0.6) is 0 Å². The Morgan fingerprint density at radius 1 is 0.962 bits per heavy atom. The number of quaternary nitrogens is 1. The molecule has 132 valence electrons. The van der Waals surface area contributed by atoms with E-state index in [9.17, 15) is 0 Å². The molecule has 4 rings (SSSR count). The molecule has 2 aromatic carbocycles. The Morgan fingerprint density at radius 2 is 1.69 bits per heavy atom. The van der Waals surface area contributed by atoms with Gasteiger partial charge in [-0.15, -0.1) is 0 Å². The van der Waals surface area contributed by atoms with Crippen molar-refractivity contribution in [3.8, 4) is 0 Å². The maximum Gasteiger partial charge on any atom is 0.228 e. The Labute approximate surface area is 153 Å². The predicted octanol–water partition coefficient (Wildman–Crippen LogP) is 1.63. The van der Waals surface area contributed by atoms with Crippen LogP contribution in [0, 0.1) is 0 Å². The SMILES string of the molecule is Nc1nc(N2CC[NH+](CC=Cc3ccccc3)CC2)nc2ccccc12. The van der Waals surface area contributed by atoms with Gasteiger partial charge in [-0.25, -0.2) is 4.98 Å². The van der Waals surface area contributed by atoms with Crippen molar-refractivity contribution in [3.05, 3.63) is 66.2 Å². The fraction of sp³-hybridized carbons (Fsp3) is 0.238. The van der Waals surface area contributed by atoms with E-state index in [1.165, 1.54) is 5.56 Å². The first-order valence-corrected chi connectivity index (χ1v) is 9.12. The second-order valence-electron chi connectivity index (χ2n) is 6.68. The molecule has 0 amide bonds. The number of nitrogens with two attached hydrogens (primary N) is 1. The van der Waals surface area contributed by atoms with Gasteiger partial charge in [0.1, 0.15) is 5.82 Å². The molecule has 5 heteroatoms. The minimum atomic E-state index is 0.561. The van der Waals surface area contributed by atoms with E-state index in [0.717, 1.165) is 49.6 Å². The second-order valence-corrected chi connectivity index (χ2v) is 6.68. The highest BCUT2D eigenvalue weighted by Gasteiger charge is 2.21. The Morgan fingerprint density at radius 3 is 2.50 bits per heavy atom. The first kappa shape index (κ1) is 16.5. The standard InChI is InChI=1S/C21H23N5/c22-20-18-10-4-5-11-19(18)23-21(24-20)26-15-13-25(14-16-26)12-6-9-17-7-2-1-3-8-17/h1-11H,12-16H2,(H2,22,23,24)/p+1. The van der Waals surface area contributed by atoms with E-state index in [4.69, 9.17) is 10.7 Å². The van der Waals surface area contributed by atoms with Crippen LogP contribution in [-0.2, 0) is 0 Å². The molecule has 0 unspecified atom stereocenters. The molecule has 0 bridgehead atoms. The van der Waals surface area contributed by atoms with E-state index in [-0.39, 0.29) is 0 Å². The predicted molar refractivity (Wildman–Crippen MR) is 107 cm³/mol. The minimum absolute atomic E-state index is 0.561. The van der Waals surface area contributed by atoms with Crippen LogP contribution >= 0.6 is 0 Å². The van der Waals surface area contributed by atoms with E-state index < -0.39 is 0 Å². The summed E-state index contributed by atoms with van der Waals surface area (Å²) in [5.41, 5.74) is 8.29. The lowest BCUT2D eigenvalue weighted by Crippen LogP contribution is -3.14. The molecule has 3 aromatic rings. The smallest absolute Gasteiger partial charge is 0.228 e. The molecule has 5 nitrogen and oxygen atoms in total. The van der Waals surface area contributed by atoms with Crippen LogP contribution in [0.1, 0.15) is 5.56 Å². The molecule has 1 fully saturated rings. The Kier molecular flexibility index (Phi) is 4.80. The van der Waals surface area contributed by atoms with Crippen LogP contribution in [0.25, 0.3) is 17.0 Å². The third-order valence-corrected chi connectivity index (χ3v) is 4.89. The van der Waals surface area contributed by atoms with Crippen LogP contribution < -0.4 is 15.5 Å². The lowest BCUT2D eigenvalue weighted by atomic mass is 10.2. The van der Waals surface area contributed by atoms with Gasteiger partial charge in [-0.2, -0.15) is 4.98 Å². The summed E-state index contributed by atoms with van der Waals surface area (Å²) in [5, 5.41) is 0.923. The summed E-state index contributed by atoms with van der Waals surface area (Å²) in [4.78, 5) is 13.0. The molecular weight excluding hydrogens is 322 g/mol. The molecule has 0 spiro atoms. The number of nitrogens with one attached hydrogen (secondary N) is 1. The Hall–Kier alpha value is -2.92. The number of piperazine rings is 1. The summed E-state index contributed by atoms with van der Waals surface area (Å²) in [5.74, 6) is 1.31.